The summed E-state index contributed by atoms with van der Waals surface area (Å²) in [5, 5.41) is 70.7. The van der Waals surface area contributed by atoms with Crippen molar-refractivity contribution in [1.29, 1.82) is 0 Å². The molecule has 1 aliphatic carbocycles. The maximum Gasteiger partial charge on any atom is 0.307 e. The van der Waals surface area contributed by atoms with Gasteiger partial charge in [0.15, 0.2) is 24.5 Å². The number of Topliss-reactive ketones (excluding diaryl/α,β-unsaturated/α-hetero) is 1. The van der Waals surface area contributed by atoms with Crippen LogP contribution in [0.4, 0.5) is 0 Å². The monoisotopic (exact) mass is 790 g/mol. The number of rotatable bonds is 15. The Morgan fingerprint density at radius 1 is 0.786 bits per heavy atom. The zero-order chi connectivity index (χ0) is 41.9. The fourth-order valence-electron chi connectivity index (χ4n) is 6.35. The van der Waals surface area contributed by atoms with Crippen LogP contribution in [-0.4, -0.2) is 134 Å². The smallest absolute Gasteiger partial charge is 0.307 e. The summed E-state index contributed by atoms with van der Waals surface area (Å²) in [7, 11) is 0. The van der Waals surface area contributed by atoms with Gasteiger partial charge in [-0.2, -0.15) is 0 Å². The number of esters is 2. The first-order chi connectivity index (χ1) is 26.3. The number of carbonyl (C=O) groups excluding carboxylic acids is 3. The summed E-state index contributed by atoms with van der Waals surface area (Å²) in [6, 6.07) is 0. The molecule has 3 rings (SSSR count). The molecule has 2 aliphatic heterocycles. The van der Waals surface area contributed by atoms with E-state index in [1.807, 2.05) is 96.2 Å². The van der Waals surface area contributed by atoms with E-state index in [9.17, 15) is 50.1 Å². The Balaban J connectivity index is 1.56. The van der Waals surface area contributed by atoms with Gasteiger partial charge in [0.25, 0.3) is 0 Å². The Bertz CT molecular complexity index is 1590. The largest absolute Gasteiger partial charge is 0.463 e. The van der Waals surface area contributed by atoms with E-state index >= 15 is 0 Å². The molecule has 0 amide bonds. The Kier molecular flexibility index (Phi) is 17.7. The predicted octanol–water partition coefficient (Wildman–Crippen LogP) is 1.69. The van der Waals surface area contributed by atoms with Gasteiger partial charge in [0.2, 0.25) is 0 Å². The van der Waals surface area contributed by atoms with Crippen molar-refractivity contribution < 1.29 is 73.8 Å². The molecular formula is C41H58O15. The van der Waals surface area contributed by atoms with E-state index in [2.05, 4.69) is 0 Å². The topological polar surface area (TPSA) is 239 Å². The van der Waals surface area contributed by atoms with E-state index in [0.717, 1.165) is 16.7 Å². The average Bonchev–Trinajstić information content (AvgIpc) is 3.13. The quantitative estimate of drug-likeness (QED) is 0.0923. The predicted molar refractivity (Wildman–Crippen MR) is 202 cm³/mol. The van der Waals surface area contributed by atoms with Gasteiger partial charge in [0, 0.05) is 6.42 Å². The van der Waals surface area contributed by atoms with Gasteiger partial charge in [0.05, 0.1) is 19.4 Å². The molecule has 0 saturated carbocycles. The third-order valence-corrected chi connectivity index (χ3v) is 9.64. The zero-order valence-electron chi connectivity index (χ0n) is 33.0. The molecule has 2 fully saturated rings. The lowest BCUT2D eigenvalue weighted by Gasteiger charge is -2.45. The van der Waals surface area contributed by atoms with Crippen LogP contribution in [0.25, 0.3) is 0 Å². The minimum absolute atomic E-state index is 0.220. The molecule has 15 heteroatoms. The average molecular weight is 791 g/mol. The highest BCUT2D eigenvalue weighted by Gasteiger charge is 2.50. The van der Waals surface area contributed by atoms with Crippen molar-refractivity contribution >= 4 is 17.7 Å². The first-order valence-corrected chi connectivity index (χ1v) is 18.5. The normalized spacial score (nSPS) is 33.0. The molecular weight excluding hydrogens is 732 g/mol. The number of aliphatic hydroxyl groups excluding tert-OH is 7. The molecule has 11 unspecified atom stereocenters. The Hall–Kier alpha value is -3.61. The van der Waals surface area contributed by atoms with Crippen LogP contribution in [-0.2, 0) is 38.1 Å². The molecule has 0 bridgehead atoms. The van der Waals surface area contributed by atoms with Crippen molar-refractivity contribution in [3.8, 4) is 0 Å². The number of aliphatic hydroxyl groups is 7. The summed E-state index contributed by atoms with van der Waals surface area (Å²) in [6.45, 7) is 12.2. The van der Waals surface area contributed by atoms with Gasteiger partial charge in [-0.1, -0.05) is 85.3 Å². The molecule has 312 valence electrons. The number of hydrogen-bond acceptors (Lipinski definition) is 15. The van der Waals surface area contributed by atoms with Gasteiger partial charge in [0.1, 0.15) is 55.4 Å². The highest BCUT2D eigenvalue weighted by molar-refractivity contribution is 6.01. The molecule has 11 atom stereocenters. The lowest BCUT2D eigenvalue weighted by molar-refractivity contribution is -0.355. The summed E-state index contributed by atoms with van der Waals surface area (Å²) in [5.74, 6) is -2.06. The fraction of sp³-hybridized carbons (Fsp3) is 0.585. The lowest BCUT2D eigenvalue weighted by atomic mass is 9.71. The number of allylic oxidation sites excluding steroid dienone is 13. The Morgan fingerprint density at radius 3 is 2.07 bits per heavy atom. The van der Waals surface area contributed by atoms with Gasteiger partial charge in [-0.05, 0) is 51.2 Å². The van der Waals surface area contributed by atoms with Crippen LogP contribution in [0.1, 0.15) is 67.7 Å². The van der Waals surface area contributed by atoms with Gasteiger partial charge < -0.3 is 59.4 Å². The first kappa shape index (κ1) is 46.8. The minimum Gasteiger partial charge on any atom is -0.463 e. The van der Waals surface area contributed by atoms with Crippen LogP contribution in [0.3, 0.4) is 0 Å². The molecule has 7 N–H and O–H groups in total. The maximum atomic E-state index is 13.3. The summed E-state index contributed by atoms with van der Waals surface area (Å²) in [4.78, 5) is 38.7. The second kappa shape index (κ2) is 21.2. The van der Waals surface area contributed by atoms with E-state index in [-0.39, 0.29) is 12.2 Å². The van der Waals surface area contributed by atoms with Crippen molar-refractivity contribution in [3.63, 3.8) is 0 Å². The molecule has 0 radical (unpaired) electrons. The number of hydrogen-bond donors (Lipinski definition) is 7. The molecule has 0 aromatic rings. The highest BCUT2D eigenvalue weighted by atomic mass is 16.7. The molecule has 56 heavy (non-hydrogen) atoms. The van der Waals surface area contributed by atoms with Crippen molar-refractivity contribution in [2.75, 3.05) is 13.2 Å². The van der Waals surface area contributed by atoms with Gasteiger partial charge in [-0.3, -0.25) is 14.4 Å². The van der Waals surface area contributed by atoms with E-state index in [4.69, 9.17) is 23.7 Å². The van der Waals surface area contributed by atoms with Crippen molar-refractivity contribution in [1.82, 2.24) is 0 Å². The SMILES string of the molecule is CC(C)=C/C=C/C=C(C)/C=C/C=C(C)/C=C/C1=C(C)C(=O)C(OC(=O)CCC(=O)OCC2OC(O)C(O)C(O)C2OC2OC(CO)C(O)C(O)C2O)CC1(C)C. The van der Waals surface area contributed by atoms with E-state index in [0.29, 0.717) is 5.57 Å². The molecule has 0 spiro atoms. The van der Waals surface area contributed by atoms with Crippen LogP contribution in [0.2, 0.25) is 0 Å². The maximum absolute atomic E-state index is 13.3. The summed E-state index contributed by atoms with van der Waals surface area (Å²) >= 11 is 0. The van der Waals surface area contributed by atoms with E-state index < -0.39 is 111 Å². The van der Waals surface area contributed by atoms with Gasteiger partial charge in [-0.15, -0.1) is 0 Å². The van der Waals surface area contributed by atoms with Gasteiger partial charge in [-0.25, -0.2) is 0 Å². The van der Waals surface area contributed by atoms with Crippen molar-refractivity contribution in [2.24, 2.45) is 5.41 Å². The second-order valence-corrected chi connectivity index (χ2v) is 15.1. The van der Waals surface area contributed by atoms with Crippen LogP contribution >= 0.6 is 0 Å². The molecule has 3 aliphatic rings. The molecule has 0 aromatic heterocycles. The number of ketones is 1. The lowest BCUT2D eigenvalue weighted by Crippen LogP contribution is -2.64. The number of carbonyl (C=O) groups is 3. The molecule has 2 saturated heterocycles. The van der Waals surface area contributed by atoms with Crippen LogP contribution in [0.15, 0.2) is 82.5 Å². The van der Waals surface area contributed by atoms with Crippen molar-refractivity contribution in [2.45, 2.75) is 135 Å². The van der Waals surface area contributed by atoms with Crippen LogP contribution in [0.5, 0.6) is 0 Å². The standard InChI is InChI=1S/C41H58O15/c1-22(2)11-8-9-12-23(3)13-10-14-24(4)15-16-26-25(5)32(45)27(19-41(26,6)7)53-31(44)18-17-30(43)52-21-29-38(35(48)36(49)39(51)54-29)56-40-37(50)34(47)33(46)28(20-42)55-40/h8-16,27-29,33-40,42,46-51H,17-21H2,1-7H3/b9-8+,13-10+,16-15+,23-12+,24-14+. The minimum atomic E-state index is -1.93. The zero-order valence-corrected chi connectivity index (χ0v) is 33.0. The fourth-order valence-corrected chi connectivity index (χ4v) is 6.35. The highest BCUT2D eigenvalue weighted by Crippen LogP contribution is 2.41. The third-order valence-electron chi connectivity index (χ3n) is 9.64. The van der Waals surface area contributed by atoms with Crippen LogP contribution < -0.4 is 0 Å². The molecule has 2 heterocycles. The summed E-state index contributed by atoms with van der Waals surface area (Å²) < 4.78 is 26.8. The van der Waals surface area contributed by atoms with Crippen LogP contribution in [0, 0.1) is 5.41 Å². The summed E-state index contributed by atoms with van der Waals surface area (Å²) in [6.07, 6.45) is -1.18. The van der Waals surface area contributed by atoms with Gasteiger partial charge >= 0.3 is 11.9 Å². The summed E-state index contributed by atoms with van der Waals surface area (Å²) in [5.41, 5.74) is 4.02. The molecule has 15 nitrogen and oxygen atoms in total. The Labute approximate surface area is 327 Å². The third kappa shape index (κ3) is 13.0. The van der Waals surface area contributed by atoms with Crippen molar-refractivity contribution in [3.05, 3.63) is 82.5 Å². The number of ether oxygens (including phenoxy) is 5. The van der Waals surface area contributed by atoms with E-state index in [1.54, 1.807) is 6.92 Å². The Morgan fingerprint density at radius 2 is 1.41 bits per heavy atom. The second-order valence-electron chi connectivity index (χ2n) is 15.1. The molecule has 0 aromatic carbocycles. The first-order valence-electron chi connectivity index (χ1n) is 18.5. The van der Waals surface area contributed by atoms with E-state index in [1.165, 1.54) is 5.57 Å².